The number of hydrogen-bond acceptors (Lipinski definition) is 2. The van der Waals surface area contributed by atoms with E-state index in [0.29, 0.717) is 0 Å². The average molecular weight is 180 g/mol. The van der Waals surface area contributed by atoms with Gasteiger partial charge in [-0.3, -0.25) is 4.90 Å². The minimum atomic E-state index is 0.784. The molecule has 0 spiro atoms. The van der Waals surface area contributed by atoms with Crippen LogP contribution in [0.1, 0.15) is 12.8 Å². The van der Waals surface area contributed by atoms with E-state index in [9.17, 15) is 0 Å². The Morgan fingerprint density at radius 2 is 2.08 bits per heavy atom. The quantitative estimate of drug-likeness (QED) is 0.595. The summed E-state index contributed by atoms with van der Waals surface area (Å²) in [6, 6.07) is 0. The fourth-order valence-corrected chi connectivity index (χ4v) is 1.91. The summed E-state index contributed by atoms with van der Waals surface area (Å²) in [5.74, 6) is 3.54. The molecule has 0 radical (unpaired) electrons. The lowest BCUT2D eigenvalue weighted by molar-refractivity contribution is 0.183. The standard InChI is InChI=1S/C11H20N2/c1-4-7-13(3)10-11-5-8-12(2)9-6-11/h1,11H,5-10H2,2-3H3. The van der Waals surface area contributed by atoms with E-state index in [-0.39, 0.29) is 0 Å². The molecule has 1 saturated heterocycles. The van der Waals surface area contributed by atoms with Crippen LogP contribution in [0, 0.1) is 18.3 Å². The number of terminal acetylenes is 1. The van der Waals surface area contributed by atoms with Crippen LogP contribution in [0.5, 0.6) is 0 Å². The van der Waals surface area contributed by atoms with Gasteiger partial charge in [-0.25, -0.2) is 0 Å². The summed E-state index contributed by atoms with van der Waals surface area (Å²) < 4.78 is 0. The molecule has 0 aliphatic carbocycles. The van der Waals surface area contributed by atoms with Crippen molar-refractivity contribution in [2.75, 3.05) is 40.3 Å². The highest BCUT2D eigenvalue weighted by molar-refractivity contribution is 4.87. The maximum absolute atomic E-state index is 5.26. The monoisotopic (exact) mass is 180 g/mol. The molecular weight excluding hydrogens is 160 g/mol. The Morgan fingerprint density at radius 3 is 2.62 bits per heavy atom. The highest BCUT2D eigenvalue weighted by Gasteiger charge is 2.17. The summed E-state index contributed by atoms with van der Waals surface area (Å²) in [5.41, 5.74) is 0. The lowest BCUT2D eigenvalue weighted by Gasteiger charge is -2.31. The van der Waals surface area contributed by atoms with Gasteiger partial charge in [-0.05, 0) is 45.9 Å². The molecule has 2 heteroatoms. The van der Waals surface area contributed by atoms with E-state index in [1.54, 1.807) is 0 Å². The number of likely N-dealkylation sites (tertiary alicyclic amines) is 1. The van der Waals surface area contributed by atoms with Crippen LogP contribution in [0.15, 0.2) is 0 Å². The first-order chi connectivity index (χ1) is 6.22. The Kier molecular flexibility index (Phi) is 4.27. The van der Waals surface area contributed by atoms with Crippen molar-refractivity contribution in [1.82, 2.24) is 9.80 Å². The summed E-state index contributed by atoms with van der Waals surface area (Å²) in [4.78, 5) is 4.65. The molecule has 0 aromatic heterocycles. The SMILES string of the molecule is C#CCN(C)CC1CCN(C)CC1. The number of rotatable bonds is 3. The Balaban J connectivity index is 2.19. The molecule has 1 fully saturated rings. The highest BCUT2D eigenvalue weighted by atomic mass is 15.1. The van der Waals surface area contributed by atoms with Gasteiger partial charge in [-0.2, -0.15) is 0 Å². The van der Waals surface area contributed by atoms with Crippen LogP contribution in [0.2, 0.25) is 0 Å². The second kappa shape index (κ2) is 5.26. The van der Waals surface area contributed by atoms with Crippen molar-refractivity contribution >= 4 is 0 Å². The third kappa shape index (κ3) is 3.80. The summed E-state index contributed by atoms with van der Waals surface area (Å²) in [7, 11) is 4.31. The highest BCUT2D eigenvalue weighted by Crippen LogP contribution is 2.16. The lowest BCUT2D eigenvalue weighted by atomic mass is 9.97. The van der Waals surface area contributed by atoms with Crippen molar-refractivity contribution in [3.05, 3.63) is 0 Å². The molecular formula is C11H20N2. The van der Waals surface area contributed by atoms with E-state index < -0.39 is 0 Å². The van der Waals surface area contributed by atoms with Crippen molar-refractivity contribution in [3.8, 4) is 12.3 Å². The van der Waals surface area contributed by atoms with Gasteiger partial charge in [0.1, 0.15) is 0 Å². The smallest absolute Gasteiger partial charge is 0.0596 e. The predicted octanol–water partition coefficient (Wildman–Crippen LogP) is 0.893. The average Bonchev–Trinajstić information content (AvgIpc) is 2.09. The molecule has 2 nitrogen and oxygen atoms in total. The molecule has 0 saturated carbocycles. The number of piperidine rings is 1. The first-order valence-electron chi connectivity index (χ1n) is 5.03. The van der Waals surface area contributed by atoms with E-state index in [0.717, 1.165) is 19.0 Å². The molecule has 1 heterocycles. The van der Waals surface area contributed by atoms with Crippen LogP contribution >= 0.6 is 0 Å². The number of nitrogens with zero attached hydrogens (tertiary/aromatic N) is 2. The van der Waals surface area contributed by atoms with Gasteiger partial charge in [0.25, 0.3) is 0 Å². The van der Waals surface area contributed by atoms with Crippen LogP contribution in [0.4, 0.5) is 0 Å². The molecule has 1 aliphatic heterocycles. The molecule has 0 aromatic rings. The largest absolute Gasteiger partial charge is 0.306 e. The molecule has 0 amide bonds. The predicted molar refractivity (Wildman–Crippen MR) is 56.6 cm³/mol. The van der Waals surface area contributed by atoms with Crippen molar-refractivity contribution in [3.63, 3.8) is 0 Å². The van der Waals surface area contributed by atoms with Gasteiger partial charge in [-0.15, -0.1) is 6.42 Å². The van der Waals surface area contributed by atoms with Crippen LogP contribution in [-0.4, -0.2) is 50.1 Å². The lowest BCUT2D eigenvalue weighted by Crippen LogP contribution is -2.35. The zero-order chi connectivity index (χ0) is 9.68. The molecule has 13 heavy (non-hydrogen) atoms. The van der Waals surface area contributed by atoms with E-state index in [1.165, 1.54) is 25.9 Å². The summed E-state index contributed by atoms with van der Waals surface area (Å²) in [6.07, 6.45) is 7.91. The molecule has 1 aliphatic rings. The van der Waals surface area contributed by atoms with Gasteiger partial charge in [0.05, 0.1) is 6.54 Å². The zero-order valence-corrected chi connectivity index (χ0v) is 8.79. The second-order valence-electron chi connectivity index (χ2n) is 4.15. The minimum absolute atomic E-state index is 0.784. The Labute approximate surface area is 81.9 Å². The van der Waals surface area contributed by atoms with Crippen LogP contribution in [0.25, 0.3) is 0 Å². The Bertz CT molecular complexity index is 175. The molecule has 0 atom stereocenters. The third-order valence-electron chi connectivity index (χ3n) is 2.77. The maximum atomic E-state index is 5.26. The Morgan fingerprint density at radius 1 is 1.46 bits per heavy atom. The van der Waals surface area contributed by atoms with Gasteiger partial charge in [0.2, 0.25) is 0 Å². The van der Waals surface area contributed by atoms with Gasteiger partial charge in [-0.1, -0.05) is 5.92 Å². The fourth-order valence-electron chi connectivity index (χ4n) is 1.91. The maximum Gasteiger partial charge on any atom is 0.0596 e. The Hall–Kier alpha value is -0.520. The zero-order valence-electron chi connectivity index (χ0n) is 8.79. The summed E-state index contributed by atoms with van der Waals surface area (Å²) >= 11 is 0. The van der Waals surface area contributed by atoms with Crippen LogP contribution < -0.4 is 0 Å². The van der Waals surface area contributed by atoms with Gasteiger partial charge in [0.15, 0.2) is 0 Å². The number of hydrogen-bond donors (Lipinski definition) is 0. The van der Waals surface area contributed by atoms with Crippen LogP contribution in [-0.2, 0) is 0 Å². The first kappa shape index (κ1) is 10.6. The van der Waals surface area contributed by atoms with Crippen molar-refractivity contribution < 1.29 is 0 Å². The van der Waals surface area contributed by atoms with Crippen molar-refractivity contribution in [2.24, 2.45) is 5.92 Å². The second-order valence-corrected chi connectivity index (χ2v) is 4.15. The van der Waals surface area contributed by atoms with E-state index in [4.69, 9.17) is 6.42 Å². The van der Waals surface area contributed by atoms with Gasteiger partial charge >= 0.3 is 0 Å². The summed E-state index contributed by atoms with van der Waals surface area (Å²) in [6.45, 7) is 4.44. The molecule has 0 bridgehead atoms. The molecule has 74 valence electrons. The van der Waals surface area contributed by atoms with E-state index >= 15 is 0 Å². The van der Waals surface area contributed by atoms with Crippen molar-refractivity contribution in [2.45, 2.75) is 12.8 Å². The van der Waals surface area contributed by atoms with Crippen molar-refractivity contribution in [1.29, 1.82) is 0 Å². The van der Waals surface area contributed by atoms with Crippen LogP contribution in [0.3, 0.4) is 0 Å². The topological polar surface area (TPSA) is 6.48 Å². The molecule has 0 aromatic carbocycles. The third-order valence-corrected chi connectivity index (χ3v) is 2.77. The van der Waals surface area contributed by atoms with Gasteiger partial charge < -0.3 is 4.90 Å². The fraction of sp³-hybridized carbons (Fsp3) is 0.818. The summed E-state index contributed by atoms with van der Waals surface area (Å²) in [5, 5.41) is 0. The molecule has 0 unspecified atom stereocenters. The molecule has 1 rings (SSSR count). The van der Waals surface area contributed by atoms with E-state index in [2.05, 4.69) is 29.8 Å². The van der Waals surface area contributed by atoms with E-state index in [1.807, 2.05) is 0 Å². The molecule has 0 N–H and O–H groups in total. The van der Waals surface area contributed by atoms with Gasteiger partial charge in [0, 0.05) is 6.54 Å². The minimum Gasteiger partial charge on any atom is -0.306 e. The first-order valence-corrected chi connectivity index (χ1v) is 5.03. The normalized spacial score (nSPS) is 20.5.